The lowest BCUT2D eigenvalue weighted by molar-refractivity contribution is 0.455. The van der Waals surface area contributed by atoms with Gasteiger partial charge in [0.25, 0.3) is 0 Å². The van der Waals surface area contributed by atoms with Gasteiger partial charge in [-0.05, 0) is 76.7 Å². The van der Waals surface area contributed by atoms with E-state index in [0.717, 1.165) is 29.1 Å². The Morgan fingerprint density at radius 3 is 2.19 bits per heavy atom. The first-order chi connectivity index (χ1) is 17.6. The first-order valence-corrected chi connectivity index (χ1v) is 12.7. The van der Waals surface area contributed by atoms with E-state index in [0.29, 0.717) is 5.56 Å². The largest absolute Gasteiger partial charge is 0.310 e. The molecule has 0 aliphatic carbocycles. The van der Waals surface area contributed by atoms with Crippen molar-refractivity contribution in [3.8, 4) is 11.1 Å². The van der Waals surface area contributed by atoms with Crippen LogP contribution in [0.4, 0.5) is 4.39 Å². The predicted molar refractivity (Wildman–Crippen MR) is 150 cm³/mol. The minimum atomic E-state index is -0.199. The Hall–Kier alpha value is -3.46. The fraction of sp³-hybridized carbons (Fsp3) is 0.152. The molecule has 0 heterocycles. The van der Waals surface area contributed by atoms with Gasteiger partial charge in [-0.2, -0.15) is 0 Å². The van der Waals surface area contributed by atoms with Crippen LogP contribution in [0.2, 0.25) is 5.02 Å². The Morgan fingerprint density at radius 1 is 0.722 bits per heavy atom. The molecule has 0 saturated carbocycles. The summed E-state index contributed by atoms with van der Waals surface area (Å²) in [5, 5.41) is 6.97. The van der Waals surface area contributed by atoms with Crippen molar-refractivity contribution in [3.05, 3.63) is 143 Å². The maximum atomic E-state index is 14.7. The number of hydrogen-bond donors (Lipinski definition) is 1. The Balaban J connectivity index is 1.39. The molecule has 1 nitrogen and oxygen atoms in total. The van der Waals surface area contributed by atoms with Crippen molar-refractivity contribution in [3.63, 3.8) is 0 Å². The SMILES string of the molecule is CC(NCc1ccc2ccccc2c1)C(Cc1ccc(F)c(-c2ccccc2)c1)c1ccc(Cl)cc1. The standard InChI is InChI=1S/C33H29ClFN/c1-23(36-22-25-11-13-26-7-5-6-10-29(26)19-25)31(28-14-16-30(34)17-15-28)20-24-12-18-33(35)32(21-24)27-8-3-2-4-9-27/h2-19,21,23,31,36H,20,22H2,1H3. The second kappa shape index (κ2) is 11.1. The molecule has 2 atom stereocenters. The van der Waals surface area contributed by atoms with E-state index in [4.69, 9.17) is 11.6 Å². The summed E-state index contributed by atoms with van der Waals surface area (Å²) in [4.78, 5) is 0. The lowest BCUT2D eigenvalue weighted by Gasteiger charge is -2.26. The Kier molecular flexibility index (Phi) is 7.46. The minimum absolute atomic E-state index is 0.183. The lowest BCUT2D eigenvalue weighted by atomic mass is 9.85. The number of halogens is 2. The number of rotatable bonds is 8. The molecular weight excluding hydrogens is 465 g/mol. The van der Waals surface area contributed by atoms with Crippen molar-refractivity contribution >= 4 is 22.4 Å². The second-order valence-electron chi connectivity index (χ2n) is 9.39. The summed E-state index contributed by atoms with van der Waals surface area (Å²) in [6.07, 6.45) is 0.785. The summed E-state index contributed by atoms with van der Waals surface area (Å²) in [5.41, 5.74) is 5.10. The van der Waals surface area contributed by atoms with Gasteiger partial charge in [0.1, 0.15) is 5.82 Å². The molecule has 0 fully saturated rings. The van der Waals surface area contributed by atoms with E-state index in [-0.39, 0.29) is 17.8 Å². The van der Waals surface area contributed by atoms with Gasteiger partial charge in [0, 0.05) is 29.1 Å². The molecular formula is C33H29ClFN. The third kappa shape index (κ3) is 5.67. The average Bonchev–Trinajstić information content (AvgIpc) is 2.92. The third-order valence-electron chi connectivity index (χ3n) is 6.91. The van der Waals surface area contributed by atoms with E-state index < -0.39 is 0 Å². The van der Waals surface area contributed by atoms with Crippen LogP contribution in [0, 0.1) is 5.82 Å². The molecule has 2 unspecified atom stereocenters. The van der Waals surface area contributed by atoms with Gasteiger partial charge in [0.2, 0.25) is 0 Å². The van der Waals surface area contributed by atoms with Crippen molar-refractivity contribution < 1.29 is 4.39 Å². The predicted octanol–water partition coefficient (Wildman–Crippen LogP) is 8.80. The molecule has 0 amide bonds. The van der Waals surface area contributed by atoms with E-state index in [1.807, 2.05) is 54.6 Å². The van der Waals surface area contributed by atoms with Gasteiger partial charge in [0.15, 0.2) is 0 Å². The fourth-order valence-corrected chi connectivity index (χ4v) is 4.98. The summed E-state index contributed by atoms with van der Waals surface area (Å²) >= 11 is 6.19. The maximum absolute atomic E-state index is 14.7. The number of hydrogen-bond acceptors (Lipinski definition) is 1. The normalized spacial score (nSPS) is 13.0. The van der Waals surface area contributed by atoms with Gasteiger partial charge < -0.3 is 5.32 Å². The van der Waals surface area contributed by atoms with E-state index >= 15 is 0 Å². The Bertz CT molecular complexity index is 1450. The molecule has 0 radical (unpaired) electrons. The molecule has 1 N–H and O–H groups in total. The third-order valence-corrected chi connectivity index (χ3v) is 7.17. The zero-order chi connectivity index (χ0) is 24.9. The summed E-state index contributed by atoms with van der Waals surface area (Å²) < 4.78 is 14.7. The zero-order valence-electron chi connectivity index (χ0n) is 20.3. The van der Waals surface area contributed by atoms with Crippen LogP contribution in [0.15, 0.2) is 115 Å². The summed E-state index contributed by atoms with van der Waals surface area (Å²) in [6.45, 7) is 3.00. The second-order valence-corrected chi connectivity index (χ2v) is 9.83. The van der Waals surface area contributed by atoms with Gasteiger partial charge in [-0.3, -0.25) is 0 Å². The van der Waals surface area contributed by atoms with Gasteiger partial charge in [-0.15, -0.1) is 0 Å². The number of nitrogens with one attached hydrogen (secondary N) is 1. The quantitative estimate of drug-likeness (QED) is 0.228. The molecule has 5 aromatic carbocycles. The van der Waals surface area contributed by atoms with Crippen LogP contribution in [-0.4, -0.2) is 6.04 Å². The Morgan fingerprint density at radius 2 is 1.42 bits per heavy atom. The lowest BCUT2D eigenvalue weighted by Crippen LogP contribution is -2.33. The van der Waals surface area contributed by atoms with Crippen LogP contribution in [0.25, 0.3) is 21.9 Å². The molecule has 36 heavy (non-hydrogen) atoms. The van der Waals surface area contributed by atoms with Gasteiger partial charge in [-0.1, -0.05) is 96.5 Å². The van der Waals surface area contributed by atoms with Gasteiger partial charge in [-0.25, -0.2) is 4.39 Å². The molecule has 0 aromatic heterocycles. The molecule has 0 bridgehead atoms. The van der Waals surface area contributed by atoms with Crippen molar-refractivity contribution in [2.75, 3.05) is 0 Å². The highest BCUT2D eigenvalue weighted by Gasteiger charge is 2.21. The molecule has 3 heteroatoms. The minimum Gasteiger partial charge on any atom is -0.310 e. The molecule has 5 aromatic rings. The highest BCUT2D eigenvalue weighted by atomic mass is 35.5. The monoisotopic (exact) mass is 493 g/mol. The molecule has 0 spiro atoms. The van der Waals surface area contributed by atoms with E-state index in [1.54, 1.807) is 6.07 Å². The van der Waals surface area contributed by atoms with Gasteiger partial charge >= 0.3 is 0 Å². The van der Waals surface area contributed by atoms with E-state index in [2.05, 4.69) is 66.8 Å². The average molecular weight is 494 g/mol. The molecule has 180 valence electrons. The first-order valence-electron chi connectivity index (χ1n) is 12.4. The van der Waals surface area contributed by atoms with Crippen LogP contribution >= 0.6 is 11.6 Å². The molecule has 0 saturated heterocycles. The number of benzene rings is 5. The van der Waals surface area contributed by atoms with Crippen molar-refractivity contribution in [2.45, 2.75) is 31.8 Å². The summed E-state index contributed by atoms with van der Waals surface area (Å²) in [7, 11) is 0. The van der Waals surface area contributed by atoms with Crippen molar-refractivity contribution in [2.24, 2.45) is 0 Å². The summed E-state index contributed by atoms with van der Waals surface area (Å²) in [5.74, 6) is -0.00715. The first kappa shape index (κ1) is 24.2. The highest BCUT2D eigenvalue weighted by molar-refractivity contribution is 6.30. The Labute approximate surface area is 217 Å². The summed E-state index contributed by atoms with van der Waals surface area (Å²) in [6, 6.07) is 38.5. The molecule has 5 rings (SSSR count). The van der Waals surface area contributed by atoms with Crippen LogP contribution in [0.3, 0.4) is 0 Å². The number of fused-ring (bicyclic) bond motifs is 1. The van der Waals surface area contributed by atoms with E-state index in [9.17, 15) is 4.39 Å². The van der Waals surface area contributed by atoms with Crippen molar-refractivity contribution in [1.82, 2.24) is 5.32 Å². The van der Waals surface area contributed by atoms with Crippen LogP contribution in [-0.2, 0) is 13.0 Å². The maximum Gasteiger partial charge on any atom is 0.131 e. The van der Waals surface area contributed by atoms with E-state index in [1.165, 1.54) is 21.9 Å². The molecule has 0 aliphatic rings. The van der Waals surface area contributed by atoms with Crippen molar-refractivity contribution in [1.29, 1.82) is 0 Å². The molecule has 0 aliphatic heterocycles. The van der Waals surface area contributed by atoms with Crippen LogP contribution in [0.5, 0.6) is 0 Å². The topological polar surface area (TPSA) is 12.0 Å². The van der Waals surface area contributed by atoms with Crippen LogP contribution in [0.1, 0.15) is 29.5 Å². The smallest absolute Gasteiger partial charge is 0.131 e. The fourth-order valence-electron chi connectivity index (χ4n) is 4.86. The zero-order valence-corrected chi connectivity index (χ0v) is 21.1. The van der Waals surface area contributed by atoms with Crippen LogP contribution < -0.4 is 5.32 Å². The highest BCUT2D eigenvalue weighted by Crippen LogP contribution is 2.30. The van der Waals surface area contributed by atoms with Gasteiger partial charge in [0.05, 0.1) is 0 Å².